The van der Waals surface area contributed by atoms with Gasteiger partial charge >= 0.3 is 6.18 Å². The first kappa shape index (κ1) is 10.3. The van der Waals surface area contributed by atoms with Crippen LogP contribution in [-0.4, -0.2) is 0 Å². The summed E-state index contributed by atoms with van der Waals surface area (Å²) in [5.41, 5.74) is 5.19. The van der Waals surface area contributed by atoms with Crippen molar-refractivity contribution in [1.29, 1.82) is 0 Å². The Morgan fingerprint density at radius 2 is 1.87 bits per heavy atom. The summed E-state index contributed by atoms with van der Waals surface area (Å²) in [6.45, 7) is 0. The normalized spacial score (nSPS) is 17.5. The van der Waals surface area contributed by atoms with E-state index in [2.05, 4.69) is 0 Å². The van der Waals surface area contributed by atoms with E-state index in [1.54, 1.807) is 6.07 Å². The molecule has 0 spiro atoms. The van der Waals surface area contributed by atoms with Crippen LogP contribution in [0.15, 0.2) is 18.2 Å². The number of nitrogen functional groups attached to an aromatic ring is 1. The van der Waals surface area contributed by atoms with Crippen molar-refractivity contribution in [3.05, 3.63) is 29.3 Å². The predicted molar refractivity (Wildman–Crippen MR) is 52.4 cm³/mol. The maximum atomic E-state index is 12.5. The van der Waals surface area contributed by atoms with Crippen LogP contribution < -0.4 is 5.73 Å². The molecule has 0 heterocycles. The minimum Gasteiger partial charge on any atom is -0.398 e. The fourth-order valence-electron chi connectivity index (χ4n) is 1.81. The highest BCUT2D eigenvalue weighted by molar-refractivity contribution is 5.51. The van der Waals surface area contributed by atoms with Gasteiger partial charge in [-0.15, -0.1) is 0 Å². The fraction of sp³-hybridized carbons (Fsp3) is 0.455. The zero-order valence-corrected chi connectivity index (χ0v) is 8.14. The van der Waals surface area contributed by atoms with Gasteiger partial charge < -0.3 is 5.73 Å². The van der Waals surface area contributed by atoms with Crippen LogP contribution in [0.25, 0.3) is 0 Å². The average molecular weight is 215 g/mol. The van der Waals surface area contributed by atoms with Crippen molar-refractivity contribution in [1.82, 2.24) is 0 Å². The van der Waals surface area contributed by atoms with Gasteiger partial charge in [-0.1, -0.05) is 12.5 Å². The van der Waals surface area contributed by atoms with Crippen LogP contribution in [0.2, 0.25) is 0 Å². The van der Waals surface area contributed by atoms with E-state index in [1.807, 2.05) is 0 Å². The third-order valence-corrected chi connectivity index (χ3v) is 2.96. The molecule has 2 rings (SSSR count). The first-order chi connectivity index (χ1) is 6.98. The van der Waals surface area contributed by atoms with Gasteiger partial charge in [0.1, 0.15) is 0 Å². The molecule has 0 bridgehead atoms. The van der Waals surface area contributed by atoms with Crippen molar-refractivity contribution < 1.29 is 13.2 Å². The van der Waals surface area contributed by atoms with Crippen LogP contribution in [0, 0.1) is 0 Å². The Labute approximate surface area is 86.1 Å². The zero-order chi connectivity index (χ0) is 11.1. The molecule has 1 aliphatic carbocycles. The summed E-state index contributed by atoms with van der Waals surface area (Å²) in [6, 6.07) is 4.25. The molecule has 2 N–H and O–H groups in total. The van der Waals surface area contributed by atoms with Crippen molar-refractivity contribution in [2.24, 2.45) is 0 Å². The van der Waals surface area contributed by atoms with Crippen LogP contribution in [0.1, 0.15) is 36.3 Å². The summed E-state index contributed by atoms with van der Waals surface area (Å²) < 4.78 is 37.6. The topological polar surface area (TPSA) is 26.0 Å². The third-order valence-electron chi connectivity index (χ3n) is 2.96. The Balaban J connectivity index is 2.36. The van der Waals surface area contributed by atoms with E-state index in [9.17, 15) is 13.2 Å². The number of alkyl halides is 3. The SMILES string of the molecule is Nc1ccc(C2CCC2)cc1C(F)(F)F. The highest BCUT2D eigenvalue weighted by atomic mass is 19.4. The Morgan fingerprint density at radius 1 is 1.20 bits per heavy atom. The highest BCUT2D eigenvalue weighted by Crippen LogP contribution is 2.40. The third kappa shape index (κ3) is 1.94. The number of benzene rings is 1. The maximum Gasteiger partial charge on any atom is 0.418 e. The van der Waals surface area contributed by atoms with Crippen molar-refractivity contribution in [2.45, 2.75) is 31.4 Å². The van der Waals surface area contributed by atoms with Crippen LogP contribution >= 0.6 is 0 Å². The molecule has 4 heteroatoms. The molecule has 0 amide bonds. The molecule has 0 atom stereocenters. The van der Waals surface area contributed by atoms with Crippen LogP contribution in [0.3, 0.4) is 0 Å². The Hall–Kier alpha value is -1.19. The van der Waals surface area contributed by atoms with Gasteiger partial charge in [0.25, 0.3) is 0 Å². The summed E-state index contributed by atoms with van der Waals surface area (Å²) in [6.07, 6.45) is -1.26. The molecule has 0 aliphatic heterocycles. The van der Waals surface area contributed by atoms with Crippen LogP contribution in [0.5, 0.6) is 0 Å². The lowest BCUT2D eigenvalue weighted by molar-refractivity contribution is -0.137. The molecule has 0 radical (unpaired) electrons. The highest BCUT2D eigenvalue weighted by Gasteiger charge is 2.34. The molecule has 1 nitrogen and oxygen atoms in total. The largest absolute Gasteiger partial charge is 0.418 e. The second-order valence-electron chi connectivity index (χ2n) is 3.97. The molecule has 1 aromatic carbocycles. The van der Waals surface area contributed by atoms with Crippen molar-refractivity contribution >= 4 is 5.69 Å². The smallest absolute Gasteiger partial charge is 0.398 e. The van der Waals surface area contributed by atoms with E-state index in [0.29, 0.717) is 5.92 Å². The molecule has 1 fully saturated rings. The van der Waals surface area contributed by atoms with Gasteiger partial charge in [0.2, 0.25) is 0 Å². The van der Waals surface area contributed by atoms with E-state index in [4.69, 9.17) is 5.73 Å². The molecule has 15 heavy (non-hydrogen) atoms. The quantitative estimate of drug-likeness (QED) is 0.712. The Kier molecular flexibility index (Phi) is 2.37. The van der Waals surface area contributed by atoms with Crippen LogP contribution in [0.4, 0.5) is 18.9 Å². The monoisotopic (exact) mass is 215 g/mol. The molecule has 1 saturated carbocycles. The lowest BCUT2D eigenvalue weighted by atomic mass is 9.79. The van der Waals surface area contributed by atoms with Crippen molar-refractivity contribution in [3.8, 4) is 0 Å². The molecular formula is C11H12F3N. The number of anilines is 1. The number of rotatable bonds is 1. The second kappa shape index (κ2) is 3.43. The van der Waals surface area contributed by atoms with Gasteiger partial charge in [-0.25, -0.2) is 0 Å². The first-order valence-electron chi connectivity index (χ1n) is 4.95. The average Bonchev–Trinajstić information content (AvgIpc) is 2.03. The number of hydrogen-bond donors (Lipinski definition) is 1. The van der Waals surface area contributed by atoms with Crippen molar-refractivity contribution in [2.75, 3.05) is 5.73 Å². The summed E-state index contributed by atoms with van der Waals surface area (Å²) >= 11 is 0. The van der Waals surface area contributed by atoms with Gasteiger partial charge in [0.05, 0.1) is 5.56 Å². The molecule has 0 unspecified atom stereocenters. The van der Waals surface area contributed by atoms with E-state index < -0.39 is 11.7 Å². The number of nitrogens with two attached hydrogens (primary N) is 1. The summed E-state index contributed by atoms with van der Waals surface area (Å²) in [4.78, 5) is 0. The lowest BCUT2D eigenvalue weighted by Crippen LogP contribution is -2.13. The predicted octanol–water partition coefficient (Wildman–Crippen LogP) is 3.56. The van der Waals surface area contributed by atoms with Gasteiger partial charge in [0.15, 0.2) is 0 Å². The molecule has 1 aliphatic rings. The van der Waals surface area contributed by atoms with Gasteiger partial charge in [-0.2, -0.15) is 13.2 Å². The molecule has 1 aromatic rings. The fourth-order valence-corrected chi connectivity index (χ4v) is 1.81. The summed E-state index contributed by atoms with van der Waals surface area (Å²) in [5, 5.41) is 0. The van der Waals surface area contributed by atoms with E-state index in [1.165, 1.54) is 12.1 Å². The van der Waals surface area contributed by atoms with Gasteiger partial charge in [0, 0.05) is 5.69 Å². The molecule has 82 valence electrons. The van der Waals surface area contributed by atoms with E-state index in [0.717, 1.165) is 24.8 Å². The summed E-state index contributed by atoms with van der Waals surface area (Å²) in [7, 11) is 0. The van der Waals surface area contributed by atoms with Gasteiger partial charge in [-0.3, -0.25) is 0 Å². The summed E-state index contributed by atoms with van der Waals surface area (Å²) in [5.74, 6) is 0.298. The standard InChI is InChI=1S/C11H12F3N/c12-11(13,14)9-6-8(4-5-10(9)15)7-2-1-3-7/h4-7H,1-3,15H2. The maximum absolute atomic E-state index is 12.5. The number of hydrogen-bond acceptors (Lipinski definition) is 1. The minimum atomic E-state index is -4.34. The molecular weight excluding hydrogens is 203 g/mol. The van der Waals surface area contributed by atoms with Crippen molar-refractivity contribution in [3.63, 3.8) is 0 Å². The first-order valence-corrected chi connectivity index (χ1v) is 4.95. The lowest BCUT2D eigenvalue weighted by Gasteiger charge is -2.26. The minimum absolute atomic E-state index is 0.189. The zero-order valence-electron chi connectivity index (χ0n) is 8.14. The second-order valence-corrected chi connectivity index (χ2v) is 3.97. The number of halogens is 3. The molecule has 0 aromatic heterocycles. The Bertz CT molecular complexity index is 367. The molecule has 0 saturated heterocycles. The van der Waals surface area contributed by atoms with E-state index >= 15 is 0 Å². The van der Waals surface area contributed by atoms with Gasteiger partial charge in [-0.05, 0) is 36.5 Å². The Morgan fingerprint density at radius 3 is 2.33 bits per heavy atom. The van der Waals surface area contributed by atoms with E-state index in [-0.39, 0.29) is 5.69 Å². The van der Waals surface area contributed by atoms with Crippen LogP contribution in [-0.2, 0) is 6.18 Å².